The third-order valence-electron chi connectivity index (χ3n) is 5.38. The minimum Gasteiger partial charge on any atom is -0.335 e. The van der Waals surface area contributed by atoms with E-state index in [4.69, 9.17) is 0 Å². The van der Waals surface area contributed by atoms with E-state index < -0.39 is 0 Å². The lowest BCUT2D eigenvalue weighted by Crippen LogP contribution is -2.49. The lowest BCUT2D eigenvalue weighted by molar-refractivity contribution is 0.167. The Kier molecular flexibility index (Phi) is 5.21. The normalized spacial score (nSPS) is 23.2. The van der Waals surface area contributed by atoms with E-state index in [2.05, 4.69) is 48.3 Å². The van der Waals surface area contributed by atoms with Crippen molar-refractivity contribution < 1.29 is 4.79 Å². The maximum atomic E-state index is 12.3. The molecular weight excluding hydrogens is 286 g/mol. The molecule has 2 aliphatic heterocycles. The largest absolute Gasteiger partial charge is 0.335 e. The first-order valence-corrected chi connectivity index (χ1v) is 8.97. The third kappa shape index (κ3) is 4.05. The molecule has 1 N–H and O–H groups in total. The van der Waals surface area contributed by atoms with Gasteiger partial charge in [-0.2, -0.15) is 0 Å². The molecule has 1 atom stereocenters. The summed E-state index contributed by atoms with van der Waals surface area (Å²) in [4.78, 5) is 16.8. The molecule has 2 fully saturated rings. The minimum atomic E-state index is 0.146. The Morgan fingerprint density at radius 3 is 2.57 bits per heavy atom. The number of carbonyl (C=O) groups is 1. The van der Waals surface area contributed by atoms with Crippen molar-refractivity contribution in [2.24, 2.45) is 0 Å². The number of rotatable bonds is 3. The third-order valence-corrected chi connectivity index (χ3v) is 5.38. The number of piperidine rings is 1. The summed E-state index contributed by atoms with van der Waals surface area (Å²) in [6, 6.07) is 9.50. The molecular formula is C19H29N3O. The van der Waals surface area contributed by atoms with Gasteiger partial charge in [-0.1, -0.05) is 24.3 Å². The molecule has 0 spiro atoms. The first-order valence-electron chi connectivity index (χ1n) is 8.97. The quantitative estimate of drug-likeness (QED) is 0.930. The molecule has 1 unspecified atom stereocenters. The predicted molar refractivity (Wildman–Crippen MR) is 93.4 cm³/mol. The van der Waals surface area contributed by atoms with Crippen LogP contribution in [0.5, 0.6) is 0 Å². The molecule has 3 rings (SSSR count). The van der Waals surface area contributed by atoms with Crippen molar-refractivity contribution in [3.8, 4) is 0 Å². The summed E-state index contributed by atoms with van der Waals surface area (Å²) in [5.74, 6) is 0. The van der Waals surface area contributed by atoms with Crippen LogP contribution in [-0.4, -0.2) is 47.5 Å². The maximum absolute atomic E-state index is 12.3. The number of nitrogens with one attached hydrogen (secondary N) is 1. The Balaban J connectivity index is 1.45. The molecule has 2 amide bonds. The Labute approximate surface area is 139 Å². The highest BCUT2D eigenvalue weighted by atomic mass is 16.2. The number of nitrogens with zero attached hydrogens (tertiary/aromatic N) is 2. The van der Waals surface area contributed by atoms with Crippen LogP contribution >= 0.6 is 0 Å². The standard InChI is InChI=1S/C19H29N3O/c1-15-6-3-4-8-17(15)14-21-12-9-18(10-13-21)20-19(23)22-11-5-7-16(22)2/h3-4,6,8,16,18H,5,7,9-14H2,1-2H3,(H,20,23). The molecule has 23 heavy (non-hydrogen) atoms. The van der Waals surface area contributed by atoms with Gasteiger partial charge in [-0.15, -0.1) is 0 Å². The van der Waals surface area contributed by atoms with E-state index in [1.165, 1.54) is 11.1 Å². The fraction of sp³-hybridized carbons (Fsp3) is 0.632. The zero-order chi connectivity index (χ0) is 16.2. The average molecular weight is 315 g/mol. The van der Waals surface area contributed by atoms with E-state index in [0.29, 0.717) is 12.1 Å². The van der Waals surface area contributed by atoms with Crippen molar-refractivity contribution in [3.63, 3.8) is 0 Å². The Hall–Kier alpha value is -1.55. The fourth-order valence-corrected chi connectivity index (χ4v) is 3.76. The highest BCUT2D eigenvalue weighted by Gasteiger charge is 2.28. The van der Waals surface area contributed by atoms with E-state index in [1.807, 2.05) is 4.90 Å². The summed E-state index contributed by atoms with van der Waals surface area (Å²) in [6.07, 6.45) is 4.39. The minimum absolute atomic E-state index is 0.146. The molecule has 2 heterocycles. The van der Waals surface area contributed by atoms with Crippen LogP contribution in [-0.2, 0) is 6.54 Å². The Bertz CT molecular complexity index is 537. The molecule has 1 aromatic carbocycles. The molecule has 0 radical (unpaired) electrons. The summed E-state index contributed by atoms with van der Waals surface area (Å²) in [7, 11) is 0. The molecule has 2 saturated heterocycles. The SMILES string of the molecule is Cc1ccccc1CN1CCC(NC(=O)N2CCCC2C)CC1. The Morgan fingerprint density at radius 2 is 1.91 bits per heavy atom. The van der Waals surface area contributed by atoms with E-state index in [9.17, 15) is 4.79 Å². The molecule has 2 aliphatic rings. The van der Waals surface area contributed by atoms with Crippen LogP contribution in [0.4, 0.5) is 4.79 Å². The van der Waals surface area contributed by atoms with Crippen molar-refractivity contribution in [1.82, 2.24) is 15.1 Å². The summed E-state index contributed by atoms with van der Waals surface area (Å²) in [5.41, 5.74) is 2.78. The lowest BCUT2D eigenvalue weighted by atomic mass is 10.0. The second-order valence-electron chi connectivity index (χ2n) is 7.11. The van der Waals surface area contributed by atoms with Crippen molar-refractivity contribution in [1.29, 1.82) is 0 Å². The molecule has 0 aromatic heterocycles. The van der Waals surface area contributed by atoms with Gasteiger partial charge in [0.15, 0.2) is 0 Å². The van der Waals surface area contributed by atoms with Crippen molar-refractivity contribution in [2.45, 2.75) is 58.2 Å². The number of urea groups is 1. The zero-order valence-corrected chi connectivity index (χ0v) is 14.4. The number of aryl methyl sites for hydroxylation is 1. The fourth-order valence-electron chi connectivity index (χ4n) is 3.76. The number of amides is 2. The van der Waals surface area contributed by atoms with Crippen LogP contribution in [0.15, 0.2) is 24.3 Å². The molecule has 0 saturated carbocycles. The molecule has 0 bridgehead atoms. The molecule has 1 aromatic rings. The van der Waals surface area contributed by atoms with Crippen LogP contribution in [0.25, 0.3) is 0 Å². The van der Waals surface area contributed by atoms with Gasteiger partial charge in [0.25, 0.3) is 0 Å². The predicted octanol–water partition coefficient (Wildman–Crippen LogP) is 3.15. The van der Waals surface area contributed by atoms with Gasteiger partial charge in [0, 0.05) is 38.3 Å². The second kappa shape index (κ2) is 7.35. The van der Waals surface area contributed by atoms with Crippen LogP contribution < -0.4 is 5.32 Å². The summed E-state index contributed by atoms with van der Waals surface area (Å²) in [5, 5.41) is 3.25. The summed E-state index contributed by atoms with van der Waals surface area (Å²) >= 11 is 0. The van der Waals surface area contributed by atoms with Crippen molar-refractivity contribution >= 4 is 6.03 Å². The first kappa shape index (κ1) is 16.3. The maximum Gasteiger partial charge on any atom is 0.317 e. The van der Waals surface area contributed by atoms with E-state index >= 15 is 0 Å². The van der Waals surface area contributed by atoms with Crippen LogP contribution in [0, 0.1) is 6.92 Å². The molecule has 126 valence electrons. The number of benzene rings is 1. The highest BCUT2D eigenvalue weighted by Crippen LogP contribution is 2.19. The first-order chi connectivity index (χ1) is 11.1. The summed E-state index contributed by atoms with van der Waals surface area (Å²) < 4.78 is 0. The number of carbonyl (C=O) groups excluding carboxylic acids is 1. The van der Waals surface area contributed by atoms with E-state index in [1.54, 1.807) is 0 Å². The molecule has 4 nitrogen and oxygen atoms in total. The second-order valence-corrected chi connectivity index (χ2v) is 7.11. The number of hydrogen-bond acceptors (Lipinski definition) is 2. The van der Waals surface area contributed by atoms with E-state index in [0.717, 1.165) is 51.9 Å². The molecule has 0 aliphatic carbocycles. The van der Waals surface area contributed by atoms with Crippen molar-refractivity contribution in [3.05, 3.63) is 35.4 Å². The van der Waals surface area contributed by atoms with Gasteiger partial charge < -0.3 is 10.2 Å². The smallest absolute Gasteiger partial charge is 0.317 e. The lowest BCUT2D eigenvalue weighted by Gasteiger charge is -2.34. The number of likely N-dealkylation sites (tertiary alicyclic amines) is 2. The van der Waals surface area contributed by atoms with Gasteiger partial charge in [0.1, 0.15) is 0 Å². The van der Waals surface area contributed by atoms with Crippen LogP contribution in [0.1, 0.15) is 43.7 Å². The highest BCUT2D eigenvalue weighted by molar-refractivity contribution is 5.75. The van der Waals surface area contributed by atoms with Crippen molar-refractivity contribution in [2.75, 3.05) is 19.6 Å². The average Bonchev–Trinajstić information content (AvgIpc) is 2.98. The van der Waals surface area contributed by atoms with E-state index in [-0.39, 0.29) is 6.03 Å². The van der Waals surface area contributed by atoms with Gasteiger partial charge >= 0.3 is 6.03 Å². The van der Waals surface area contributed by atoms with Gasteiger partial charge in [-0.3, -0.25) is 4.90 Å². The summed E-state index contributed by atoms with van der Waals surface area (Å²) in [6.45, 7) is 8.40. The Morgan fingerprint density at radius 1 is 1.17 bits per heavy atom. The topological polar surface area (TPSA) is 35.6 Å². The van der Waals surface area contributed by atoms with Gasteiger partial charge in [-0.05, 0) is 50.7 Å². The van der Waals surface area contributed by atoms with Gasteiger partial charge in [0.2, 0.25) is 0 Å². The van der Waals surface area contributed by atoms with Crippen LogP contribution in [0.2, 0.25) is 0 Å². The van der Waals surface area contributed by atoms with Crippen LogP contribution in [0.3, 0.4) is 0 Å². The number of hydrogen-bond donors (Lipinski definition) is 1. The van der Waals surface area contributed by atoms with Gasteiger partial charge in [0.05, 0.1) is 0 Å². The molecule has 4 heteroatoms. The monoisotopic (exact) mass is 315 g/mol. The zero-order valence-electron chi connectivity index (χ0n) is 14.4. The van der Waals surface area contributed by atoms with Gasteiger partial charge in [-0.25, -0.2) is 4.79 Å².